The van der Waals surface area contributed by atoms with Crippen molar-refractivity contribution in [2.75, 3.05) is 19.6 Å². The number of nitrogens with two attached hydrogens (primary N) is 1. The van der Waals surface area contributed by atoms with Crippen LogP contribution in [0.3, 0.4) is 0 Å². The molecule has 0 aromatic heterocycles. The lowest BCUT2D eigenvalue weighted by Gasteiger charge is -2.13. The molecule has 1 aliphatic heterocycles. The Kier molecular flexibility index (Phi) is 3.60. The summed E-state index contributed by atoms with van der Waals surface area (Å²) in [5, 5.41) is 5.80. The number of urea groups is 1. The smallest absolute Gasteiger partial charge is 0.312 e. The van der Waals surface area contributed by atoms with Gasteiger partial charge in [0.2, 0.25) is 0 Å². The largest absolute Gasteiger partial charge is 0.352 e. The zero-order chi connectivity index (χ0) is 8.81. The van der Waals surface area contributed by atoms with Gasteiger partial charge in [-0.15, -0.1) is 0 Å². The molecule has 1 aliphatic rings. The lowest BCUT2D eigenvalue weighted by Crippen LogP contribution is -2.31. The summed E-state index contributed by atoms with van der Waals surface area (Å²) >= 11 is 0. The topological polar surface area (TPSA) is 67.2 Å². The maximum atomic E-state index is 10.3. The molecule has 12 heavy (non-hydrogen) atoms. The molecule has 0 aromatic carbocycles. The maximum absolute atomic E-state index is 10.3. The van der Waals surface area contributed by atoms with Gasteiger partial charge in [-0.2, -0.15) is 0 Å². The van der Waals surface area contributed by atoms with Crippen molar-refractivity contribution in [3.05, 3.63) is 11.6 Å². The normalized spacial score (nSPS) is 16.8. The number of carbonyl (C=O) groups is 1. The lowest BCUT2D eigenvalue weighted by molar-refractivity contribution is 0.249. The quantitative estimate of drug-likeness (QED) is 0.519. The van der Waals surface area contributed by atoms with Crippen LogP contribution in [0.1, 0.15) is 12.8 Å². The molecule has 1 heterocycles. The summed E-state index contributed by atoms with van der Waals surface area (Å²) in [6.45, 7) is 2.65. The van der Waals surface area contributed by atoms with E-state index in [2.05, 4.69) is 16.7 Å². The molecule has 0 aliphatic carbocycles. The van der Waals surface area contributed by atoms with Crippen LogP contribution >= 0.6 is 0 Å². The highest BCUT2D eigenvalue weighted by atomic mass is 16.2. The van der Waals surface area contributed by atoms with E-state index in [0.29, 0.717) is 6.54 Å². The first kappa shape index (κ1) is 9.06. The predicted molar refractivity (Wildman–Crippen MR) is 47.8 cm³/mol. The summed E-state index contributed by atoms with van der Waals surface area (Å²) in [6.07, 6.45) is 4.18. The molecule has 4 heteroatoms. The number of primary amides is 1. The van der Waals surface area contributed by atoms with Gasteiger partial charge in [0.1, 0.15) is 0 Å². The third kappa shape index (κ3) is 3.39. The molecule has 0 bridgehead atoms. The van der Waals surface area contributed by atoms with Crippen molar-refractivity contribution in [1.82, 2.24) is 10.6 Å². The number of nitrogens with one attached hydrogen (secondary N) is 2. The van der Waals surface area contributed by atoms with Crippen LogP contribution in [-0.2, 0) is 0 Å². The fourth-order valence-corrected chi connectivity index (χ4v) is 1.24. The number of rotatable bonds is 3. The second kappa shape index (κ2) is 4.77. The molecular weight excluding hydrogens is 154 g/mol. The maximum Gasteiger partial charge on any atom is 0.312 e. The average molecular weight is 169 g/mol. The van der Waals surface area contributed by atoms with Crippen LogP contribution in [0.4, 0.5) is 4.79 Å². The van der Waals surface area contributed by atoms with Gasteiger partial charge in [0.25, 0.3) is 0 Å². The van der Waals surface area contributed by atoms with Crippen LogP contribution in [-0.4, -0.2) is 25.7 Å². The van der Waals surface area contributed by atoms with Crippen molar-refractivity contribution in [2.24, 2.45) is 5.73 Å². The zero-order valence-electron chi connectivity index (χ0n) is 7.10. The second-order valence-electron chi connectivity index (χ2n) is 2.86. The summed E-state index contributed by atoms with van der Waals surface area (Å²) in [4.78, 5) is 10.3. The Bertz CT molecular complexity index is 189. The molecule has 0 saturated carbocycles. The van der Waals surface area contributed by atoms with Crippen molar-refractivity contribution >= 4 is 6.03 Å². The van der Waals surface area contributed by atoms with Crippen molar-refractivity contribution in [3.63, 3.8) is 0 Å². The Morgan fingerprint density at radius 3 is 3.17 bits per heavy atom. The van der Waals surface area contributed by atoms with Crippen LogP contribution in [0, 0.1) is 0 Å². The first-order chi connectivity index (χ1) is 5.79. The van der Waals surface area contributed by atoms with E-state index >= 15 is 0 Å². The molecule has 0 unspecified atom stereocenters. The van der Waals surface area contributed by atoms with Gasteiger partial charge in [-0.25, -0.2) is 4.79 Å². The summed E-state index contributed by atoms with van der Waals surface area (Å²) in [7, 11) is 0. The van der Waals surface area contributed by atoms with Crippen molar-refractivity contribution in [3.8, 4) is 0 Å². The van der Waals surface area contributed by atoms with E-state index in [1.807, 2.05) is 0 Å². The molecule has 2 amide bonds. The van der Waals surface area contributed by atoms with Gasteiger partial charge in [0.05, 0.1) is 0 Å². The minimum atomic E-state index is -0.440. The Morgan fingerprint density at radius 1 is 1.75 bits per heavy atom. The van der Waals surface area contributed by atoms with E-state index in [4.69, 9.17) is 5.73 Å². The van der Waals surface area contributed by atoms with E-state index in [1.165, 1.54) is 5.57 Å². The van der Waals surface area contributed by atoms with Gasteiger partial charge in [0, 0.05) is 13.1 Å². The average Bonchev–Trinajstić information content (AvgIpc) is 2.05. The molecule has 68 valence electrons. The Hall–Kier alpha value is -1.03. The van der Waals surface area contributed by atoms with Gasteiger partial charge in [-0.05, 0) is 19.4 Å². The highest BCUT2D eigenvalue weighted by Crippen LogP contribution is 2.07. The number of carbonyl (C=O) groups excluding carboxylic acids is 1. The first-order valence-electron chi connectivity index (χ1n) is 4.21. The lowest BCUT2D eigenvalue weighted by atomic mass is 10.1. The molecule has 4 nitrogen and oxygen atoms in total. The van der Waals surface area contributed by atoms with Crippen LogP contribution in [0.5, 0.6) is 0 Å². The van der Waals surface area contributed by atoms with E-state index in [9.17, 15) is 4.79 Å². The summed E-state index contributed by atoms with van der Waals surface area (Å²) in [6, 6.07) is -0.440. The van der Waals surface area contributed by atoms with Crippen molar-refractivity contribution < 1.29 is 4.79 Å². The second-order valence-corrected chi connectivity index (χ2v) is 2.86. The fourth-order valence-electron chi connectivity index (χ4n) is 1.24. The predicted octanol–water partition coefficient (Wildman–Crippen LogP) is -0.0355. The minimum absolute atomic E-state index is 0.440. The van der Waals surface area contributed by atoms with E-state index in [1.54, 1.807) is 0 Å². The Labute approximate surface area is 72.2 Å². The van der Waals surface area contributed by atoms with Gasteiger partial charge < -0.3 is 16.4 Å². The highest BCUT2D eigenvalue weighted by Gasteiger charge is 2.02. The molecule has 0 fully saturated rings. The standard InChI is InChI=1S/C8H15N3O/c9-8(12)11-6-3-7-1-4-10-5-2-7/h1,10H,2-6H2,(H3,9,11,12). The van der Waals surface area contributed by atoms with E-state index < -0.39 is 6.03 Å². The van der Waals surface area contributed by atoms with Crippen LogP contribution in [0.15, 0.2) is 11.6 Å². The molecule has 0 saturated heterocycles. The highest BCUT2D eigenvalue weighted by molar-refractivity contribution is 5.71. The van der Waals surface area contributed by atoms with Crippen LogP contribution in [0.2, 0.25) is 0 Å². The molecule has 1 rings (SSSR count). The van der Waals surface area contributed by atoms with Gasteiger partial charge >= 0.3 is 6.03 Å². The van der Waals surface area contributed by atoms with Gasteiger partial charge in [0.15, 0.2) is 0 Å². The van der Waals surface area contributed by atoms with Crippen LogP contribution in [0.25, 0.3) is 0 Å². The number of hydrogen-bond donors (Lipinski definition) is 3. The van der Waals surface area contributed by atoms with E-state index in [-0.39, 0.29) is 0 Å². The molecule has 0 radical (unpaired) electrons. The monoisotopic (exact) mass is 169 g/mol. The van der Waals surface area contributed by atoms with Crippen LogP contribution < -0.4 is 16.4 Å². The summed E-state index contributed by atoms with van der Waals surface area (Å²) < 4.78 is 0. The fraction of sp³-hybridized carbons (Fsp3) is 0.625. The molecule has 0 aromatic rings. The third-order valence-corrected chi connectivity index (χ3v) is 1.90. The number of amides is 2. The molecule has 4 N–H and O–H groups in total. The van der Waals surface area contributed by atoms with Gasteiger partial charge in [-0.1, -0.05) is 11.6 Å². The summed E-state index contributed by atoms with van der Waals surface area (Å²) in [5.74, 6) is 0. The zero-order valence-corrected chi connectivity index (χ0v) is 7.10. The van der Waals surface area contributed by atoms with E-state index in [0.717, 1.165) is 25.9 Å². The molecule has 0 atom stereocenters. The Balaban J connectivity index is 2.13. The molecular formula is C8H15N3O. The first-order valence-corrected chi connectivity index (χ1v) is 4.21. The number of hydrogen-bond acceptors (Lipinski definition) is 2. The van der Waals surface area contributed by atoms with Crippen molar-refractivity contribution in [1.29, 1.82) is 0 Å². The third-order valence-electron chi connectivity index (χ3n) is 1.90. The summed E-state index contributed by atoms with van der Waals surface area (Å²) in [5.41, 5.74) is 6.33. The van der Waals surface area contributed by atoms with Gasteiger partial charge in [-0.3, -0.25) is 0 Å². The SMILES string of the molecule is NC(=O)NCCC1=CCNCC1. The Morgan fingerprint density at radius 2 is 2.58 bits per heavy atom. The van der Waals surface area contributed by atoms with Crippen molar-refractivity contribution in [2.45, 2.75) is 12.8 Å². The minimum Gasteiger partial charge on any atom is -0.352 e. The molecule has 0 spiro atoms.